The van der Waals surface area contributed by atoms with Gasteiger partial charge < -0.3 is 19.5 Å². The zero-order valence-electron chi connectivity index (χ0n) is 17.7. The van der Waals surface area contributed by atoms with E-state index in [1.807, 2.05) is 36.4 Å². The molecule has 162 valence electrons. The lowest BCUT2D eigenvalue weighted by Crippen LogP contribution is -2.25. The number of rotatable bonds is 11. The number of methoxy groups -OCH3 is 1. The first-order valence-electron chi connectivity index (χ1n) is 9.97. The Hall–Kier alpha value is -3.79. The van der Waals surface area contributed by atoms with Gasteiger partial charge in [0.15, 0.2) is 18.1 Å². The number of hydrogen-bond donors (Lipinski definition) is 1. The van der Waals surface area contributed by atoms with Crippen LogP contribution in [-0.4, -0.2) is 38.7 Å². The van der Waals surface area contributed by atoms with Gasteiger partial charge in [0, 0.05) is 6.54 Å². The Labute approximate surface area is 182 Å². The van der Waals surface area contributed by atoms with Crippen LogP contribution in [0.25, 0.3) is 6.08 Å². The summed E-state index contributed by atoms with van der Waals surface area (Å²) in [5.74, 6) is -0.184. The van der Waals surface area contributed by atoms with E-state index < -0.39 is 11.9 Å². The van der Waals surface area contributed by atoms with Crippen molar-refractivity contribution in [3.05, 3.63) is 65.2 Å². The zero-order valence-corrected chi connectivity index (χ0v) is 17.7. The van der Waals surface area contributed by atoms with E-state index in [9.17, 15) is 14.9 Å². The first kappa shape index (κ1) is 23.5. The van der Waals surface area contributed by atoms with Gasteiger partial charge in [0.05, 0.1) is 13.7 Å². The van der Waals surface area contributed by atoms with E-state index >= 15 is 0 Å². The molecule has 1 N–H and O–H groups in total. The fourth-order valence-electron chi connectivity index (χ4n) is 2.78. The Balaban J connectivity index is 1.96. The van der Waals surface area contributed by atoms with Crippen LogP contribution in [0.15, 0.2) is 54.1 Å². The molecule has 7 heteroatoms. The minimum absolute atomic E-state index is 0.0121. The summed E-state index contributed by atoms with van der Waals surface area (Å²) >= 11 is 0. The van der Waals surface area contributed by atoms with E-state index in [0.29, 0.717) is 23.6 Å². The maximum atomic E-state index is 12.3. The largest absolute Gasteiger partial charge is 0.493 e. The highest BCUT2D eigenvalue weighted by Crippen LogP contribution is 2.29. The lowest BCUT2D eigenvalue weighted by molar-refractivity contribution is -0.145. The van der Waals surface area contributed by atoms with E-state index in [2.05, 4.69) is 5.32 Å². The van der Waals surface area contributed by atoms with Crippen LogP contribution in [0, 0.1) is 11.3 Å². The molecule has 0 bridgehead atoms. The maximum absolute atomic E-state index is 12.3. The SMILES string of the molecule is CCOC(=O)COc1ccc(/C=C(/C#N)C(=O)NCCCc2ccccc2)cc1OC. The maximum Gasteiger partial charge on any atom is 0.344 e. The molecule has 0 atom stereocenters. The molecule has 0 radical (unpaired) electrons. The number of nitrogens with zero attached hydrogens (tertiary/aromatic N) is 1. The fourth-order valence-corrected chi connectivity index (χ4v) is 2.78. The molecule has 0 aliphatic heterocycles. The topological polar surface area (TPSA) is 97.7 Å². The summed E-state index contributed by atoms with van der Waals surface area (Å²) in [6.45, 7) is 2.21. The quantitative estimate of drug-likeness (QED) is 0.258. The van der Waals surface area contributed by atoms with E-state index in [4.69, 9.17) is 14.2 Å². The number of ether oxygens (including phenoxy) is 3. The predicted molar refractivity (Wildman–Crippen MR) is 116 cm³/mol. The molecular weight excluding hydrogens is 396 g/mol. The Bertz CT molecular complexity index is 948. The van der Waals surface area contributed by atoms with Crippen molar-refractivity contribution < 1.29 is 23.8 Å². The summed E-state index contributed by atoms with van der Waals surface area (Å²) in [6, 6.07) is 16.8. The molecule has 0 spiro atoms. The van der Waals surface area contributed by atoms with Crippen molar-refractivity contribution in [2.24, 2.45) is 0 Å². The zero-order chi connectivity index (χ0) is 22.5. The summed E-state index contributed by atoms with van der Waals surface area (Å²) < 4.78 is 15.5. The molecule has 2 aromatic rings. The van der Waals surface area contributed by atoms with Gasteiger partial charge in [0.1, 0.15) is 11.6 Å². The number of benzene rings is 2. The third-order valence-electron chi connectivity index (χ3n) is 4.29. The van der Waals surface area contributed by atoms with Gasteiger partial charge in [0.25, 0.3) is 5.91 Å². The molecule has 0 saturated carbocycles. The molecule has 2 rings (SSSR count). The molecule has 7 nitrogen and oxygen atoms in total. The second-order valence-corrected chi connectivity index (χ2v) is 6.52. The van der Waals surface area contributed by atoms with Gasteiger partial charge >= 0.3 is 5.97 Å². The van der Waals surface area contributed by atoms with Crippen molar-refractivity contribution >= 4 is 18.0 Å². The summed E-state index contributed by atoms with van der Waals surface area (Å²) in [4.78, 5) is 23.8. The second-order valence-electron chi connectivity index (χ2n) is 6.52. The van der Waals surface area contributed by atoms with Gasteiger partial charge in [-0.1, -0.05) is 36.4 Å². The fraction of sp³-hybridized carbons (Fsp3) is 0.292. The van der Waals surface area contributed by atoms with Crippen molar-refractivity contribution in [1.82, 2.24) is 5.32 Å². The first-order valence-corrected chi connectivity index (χ1v) is 9.97. The number of carbonyl (C=O) groups is 2. The minimum Gasteiger partial charge on any atom is -0.493 e. The molecule has 1 amide bonds. The molecule has 0 aromatic heterocycles. The Kier molecular flexibility index (Phi) is 9.63. The van der Waals surface area contributed by atoms with Gasteiger partial charge in [-0.15, -0.1) is 0 Å². The summed E-state index contributed by atoms with van der Waals surface area (Å²) in [5.41, 5.74) is 1.78. The van der Waals surface area contributed by atoms with Crippen LogP contribution in [0.2, 0.25) is 0 Å². The average Bonchev–Trinajstić information content (AvgIpc) is 2.79. The third-order valence-corrected chi connectivity index (χ3v) is 4.29. The summed E-state index contributed by atoms with van der Waals surface area (Å²) in [7, 11) is 1.46. The van der Waals surface area contributed by atoms with Crippen LogP contribution in [0.3, 0.4) is 0 Å². The molecule has 0 fully saturated rings. The number of carbonyl (C=O) groups excluding carboxylic acids is 2. The normalized spacial score (nSPS) is 10.7. The van der Waals surface area contributed by atoms with Crippen molar-refractivity contribution in [3.63, 3.8) is 0 Å². The van der Waals surface area contributed by atoms with Crippen LogP contribution in [0.1, 0.15) is 24.5 Å². The van der Waals surface area contributed by atoms with Crippen LogP contribution < -0.4 is 14.8 Å². The van der Waals surface area contributed by atoms with Gasteiger partial charge in [0.2, 0.25) is 0 Å². The number of nitrogens with one attached hydrogen (secondary N) is 1. The summed E-state index contributed by atoms with van der Waals surface area (Å²) in [6.07, 6.45) is 3.09. The summed E-state index contributed by atoms with van der Waals surface area (Å²) in [5, 5.41) is 12.2. The van der Waals surface area contributed by atoms with Crippen molar-refractivity contribution in [2.75, 3.05) is 26.9 Å². The van der Waals surface area contributed by atoms with E-state index in [1.54, 1.807) is 25.1 Å². The number of amides is 1. The Morgan fingerprint density at radius 1 is 1.13 bits per heavy atom. The van der Waals surface area contributed by atoms with Crippen LogP contribution in [-0.2, 0) is 20.7 Å². The van der Waals surface area contributed by atoms with E-state index in [0.717, 1.165) is 12.8 Å². The van der Waals surface area contributed by atoms with Crippen LogP contribution in [0.4, 0.5) is 0 Å². The molecule has 0 heterocycles. The van der Waals surface area contributed by atoms with Gasteiger partial charge in [-0.25, -0.2) is 4.79 Å². The molecule has 2 aromatic carbocycles. The minimum atomic E-state index is -0.482. The lowest BCUT2D eigenvalue weighted by atomic mass is 10.1. The van der Waals surface area contributed by atoms with E-state index in [-0.39, 0.29) is 18.8 Å². The molecule has 31 heavy (non-hydrogen) atoms. The number of esters is 1. The molecular formula is C24H26N2O5. The lowest BCUT2D eigenvalue weighted by Gasteiger charge is -2.11. The van der Waals surface area contributed by atoms with Crippen molar-refractivity contribution in [2.45, 2.75) is 19.8 Å². The first-order chi connectivity index (χ1) is 15.1. The number of nitriles is 1. The molecule has 0 aliphatic rings. The standard InChI is InChI=1S/C24H26N2O5/c1-3-30-23(27)17-31-21-12-11-19(15-22(21)29-2)14-20(16-25)24(28)26-13-7-10-18-8-5-4-6-9-18/h4-6,8-9,11-12,14-15H,3,7,10,13,17H2,1-2H3,(H,26,28)/b20-14-. The highest BCUT2D eigenvalue weighted by atomic mass is 16.6. The number of aryl methyl sites for hydroxylation is 1. The molecule has 0 unspecified atom stereocenters. The van der Waals surface area contributed by atoms with Crippen molar-refractivity contribution in [3.8, 4) is 17.6 Å². The number of hydrogen-bond acceptors (Lipinski definition) is 6. The average molecular weight is 422 g/mol. The third kappa shape index (κ3) is 7.86. The van der Waals surface area contributed by atoms with Crippen molar-refractivity contribution in [1.29, 1.82) is 5.26 Å². The Morgan fingerprint density at radius 2 is 1.90 bits per heavy atom. The molecule has 0 saturated heterocycles. The smallest absolute Gasteiger partial charge is 0.344 e. The van der Waals surface area contributed by atoms with E-state index in [1.165, 1.54) is 18.7 Å². The van der Waals surface area contributed by atoms with Gasteiger partial charge in [-0.2, -0.15) is 5.26 Å². The van der Waals surface area contributed by atoms with Crippen LogP contribution >= 0.6 is 0 Å². The molecule has 0 aliphatic carbocycles. The monoisotopic (exact) mass is 422 g/mol. The second kappa shape index (κ2) is 12.7. The highest BCUT2D eigenvalue weighted by Gasteiger charge is 2.12. The van der Waals surface area contributed by atoms with Gasteiger partial charge in [-0.05, 0) is 49.1 Å². The van der Waals surface area contributed by atoms with Crippen LogP contribution in [0.5, 0.6) is 11.5 Å². The predicted octanol–water partition coefficient (Wildman–Crippen LogP) is 3.29. The Morgan fingerprint density at radius 3 is 2.58 bits per heavy atom. The van der Waals surface area contributed by atoms with Gasteiger partial charge in [-0.3, -0.25) is 4.79 Å². The highest BCUT2D eigenvalue weighted by molar-refractivity contribution is 6.01.